The highest BCUT2D eigenvalue weighted by Gasteiger charge is 2.15. The molecule has 0 atom stereocenters. The third-order valence-corrected chi connectivity index (χ3v) is 4.62. The largest absolute Gasteiger partial charge is 0.361 e. The fourth-order valence-electron chi connectivity index (χ4n) is 1.61. The molecule has 1 heterocycles. The van der Waals surface area contributed by atoms with Crippen molar-refractivity contribution < 1.29 is 21.4 Å². The number of rotatable bonds is 5. The second-order valence-corrected chi connectivity index (χ2v) is 7.64. The van der Waals surface area contributed by atoms with Gasteiger partial charge in [-0.3, -0.25) is 4.72 Å². The van der Waals surface area contributed by atoms with Gasteiger partial charge in [-0.2, -0.15) is 0 Å². The predicted molar refractivity (Wildman–Crippen MR) is 75.3 cm³/mol. The molecule has 3 N–H and O–H groups in total. The van der Waals surface area contributed by atoms with Gasteiger partial charge in [0, 0.05) is 11.8 Å². The molecule has 0 aliphatic carbocycles. The van der Waals surface area contributed by atoms with Crippen LogP contribution in [0, 0.1) is 6.92 Å². The lowest BCUT2D eigenvalue weighted by atomic mass is 10.3. The van der Waals surface area contributed by atoms with E-state index in [0.29, 0.717) is 5.76 Å². The number of aryl methyl sites for hydroxylation is 1. The highest BCUT2D eigenvalue weighted by molar-refractivity contribution is 7.91. The van der Waals surface area contributed by atoms with Gasteiger partial charge in [0.25, 0.3) is 0 Å². The molecule has 0 radical (unpaired) electrons. The van der Waals surface area contributed by atoms with E-state index in [4.69, 9.17) is 9.66 Å². The third kappa shape index (κ3) is 4.28. The van der Waals surface area contributed by atoms with Crippen LogP contribution in [0.5, 0.6) is 0 Å². The van der Waals surface area contributed by atoms with Crippen molar-refractivity contribution in [2.24, 2.45) is 5.14 Å². The Morgan fingerprint density at radius 2 is 1.81 bits per heavy atom. The van der Waals surface area contributed by atoms with Crippen molar-refractivity contribution in [1.29, 1.82) is 0 Å². The van der Waals surface area contributed by atoms with Gasteiger partial charge in [-0.1, -0.05) is 5.16 Å². The third-order valence-electron chi connectivity index (χ3n) is 2.47. The number of hydrogen-bond donors (Lipinski definition) is 2. The maximum atomic E-state index is 11.9. The van der Waals surface area contributed by atoms with Crippen LogP contribution in [0.4, 0.5) is 5.69 Å². The molecular weight excluding hydrogens is 318 g/mol. The van der Waals surface area contributed by atoms with Crippen molar-refractivity contribution in [3.63, 3.8) is 0 Å². The molecular formula is C11H13N3O5S2. The number of sulfonamides is 2. The maximum absolute atomic E-state index is 11.9. The lowest BCUT2D eigenvalue weighted by Crippen LogP contribution is -2.16. The highest BCUT2D eigenvalue weighted by Crippen LogP contribution is 2.15. The van der Waals surface area contributed by atoms with E-state index in [2.05, 4.69) is 9.88 Å². The zero-order chi connectivity index (χ0) is 15.7. The molecule has 0 aliphatic rings. The van der Waals surface area contributed by atoms with Gasteiger partial charge in [0.1, 0.15) is 17.2 Å². The molecule has 0 spiro atoms. The number of aromatic nitrogens is 1. The molecule has 114 valence electrons. The monoisotopic (exact) mass is 331 g/mol. The summed E-state index contributed by atoms with van der Waals surface area (Å²) < 4.78 is 53.1. The van der Waals surface area contributed by atoms with E-state index < -0.39 is 20.0 Å². The van der Waals surface area contributed by atoms with Gasteiger partial charge >= 0.3 is 0 Å². The summed E-state index contributed by atoms with van der Waals surface area (Å²) in [6.07, 6.45) is 0. The molecule has 0 bridgehead atoms. The van der Waals surface area contributed by atoms with Crippen LogP contribution in [-0.4, -0.2) is 22.0 Å². The minimum absolute atomic E-state index is 0.0995. The summed E-state index contributed by atoms with van der Waals surface area (Å²) in [7, 11) is -7.48. The molecule has 2 aromatic rings. The molecule has 0 saturated carbocycles. The van der Waals surface area contributed by atoms with Gasteiger partial charge in [-0.25, -0.2) is 22.0 Å². The van der Waals surface area contributed by atoms with Gasteiger partial charge in [0.05, 0.1) is 4.90 Å². The summed E-state index contributed by atoms with van der Waals surface area (Å²) in [4.78, 5) is -0.0995. The van der Waals surface area contributed by atoms with E-state index in [9.17, 15) is 16.8 Å². The number of anilines is 1. The van der Waals surface area contributed by atoms with Crippen molar-refractivity contribution >= 4 is 25.7 Å². The normalized spacial score (nSPS) is 12.3. The van der Waals surface area contributed by atoms with Gasteiger partial charge in [0.15, 0.2) is 0 Å². The number of nitrogens with two attached hydrogens (primary N) is 1. The standard InChI is InChI=1S/C11H13N3O5S2/c1-8-6-10(13-19-8)7-20(15,16)14-9-2-4-11(5-3-9)21(12,17)18/h2-6,14H,7H2,1H3,(H2,12,17,18). The minimum atomic E-state index is -3.81. The van der Waals surface area contributed by atoms with Crippen LogP contribution in [0.25, 0.3) is 0 Å². The summed E-state index contributed by atoms with van der Waals surface area (Å²) in [5.41, 5.74) is 0.503. The smallest absolute Gasteiger partial charge is 0.238 e. The molecule has 1 aromatic heterocycles. The first-order chi connectivity index (χ1) is 9.66. The van der Waals surface area contributed by atoms with E-state index in [1.54, 1.807) is 6.92 Å². The van der Waals surface area contributed by atoms with Crippen LogP contribution >= 0.6 is 0 Å². The van der Waals surface area contributed by atoms with E-state index in [0.717, 1.165) is 0 Å². The van der Waals surface area contributed by atoms with Crippen LogP contribution in [0.15, 0.2) is 39.8 Å². The quantitative estimate of drug-likeness (QED) is 0.823. The summed E-state index contributed by atoms with van der Waals surface area (Å²) in [6.45, 7) is 1.66. The van der Waals surface area contributed by atoms with Crippen molar-refractivity contribution in [2.45, 2.75) is 17.6 Å². The Labute approximate surface area is 122 Å². The van der Waals surface area contributed by atoms with Crippen LogP contribution < -0.4 is 9.86 Å². The van der Waals surface area contributed by atoms with Gasteiger partial charge in [-0.15, -0.1) is 0 Å². The number of primary sulfonamides is 1. The Hall–Kier alpha value is -1.91. The molecule has 0 amide bonds. The average Bonchev–Trinajstić information content (AvgIpc) is 2.72. The Bertz CT molecular complexity index is 838. The van der Waals surface area contributed by atoms with E-state index in [-0.39, 0.29) is 22.0 Å². The Balaban J connectivity index is 2.13. The molecule has 21 heavy (non-hydrogen) atoms. The van der Waals surface area contributed by atoms with Gasteiger partial charge in [0.2, 0.25) is 20.0 Å². The molecule has 2 rings (SSSR count). The summed E-state index contributed by atoms with van der Waals surface area (Å²) in [6, 6.07) is 6.57. The van der Waals surface area contributed by atoms with E-state index in [1.807, 2.05) is 0 Å². The lowest BCUT2D eigenvalue weighted by Gasteiger charge is -2.07. The van der Waals surface area contributed by atoms with E-state index >= 15 is 0 Å². The van der Waals surface area contributed by atoms with Gasteiger partial charge in [-0.05, 0) is 31.2 Å². The fourth-order valence-corrected chi connectivity index (χ4v) is 3.22. The topological polar surface area (TPSA) is 132 Å². The molecule has 8 nitrogen and oxygen atoms in total. The Kier molecular flexibility index (Phi) is 4.03. The number of nitrogens with zero attached hydrogens (tertiary/aromatic N) is 1. The lowest BCUT2D eigenvalue weighted by molar-refractivity contribution is 0.392. The van der Waals surface area contributed by atoms with Crippen LogP contribution in [0.2, 0.25) is 0 Å². The number of nitrogens with one attached hydrogen (secondary N) is 1. The SMILES string of the molecule is Cc1cc(CS(=O)(=O)Nc2ccc(S(N)(=O)=O)cc2)no1. The zero-order valence-corrected chi connectivity index (χ0v) is 12.6. The second kappa shape index (κ2) is 5.47. The average molecular weight is 331 g/mol. The molecule has 1 aromatic carbocycles. The summed E-state index contributed by atoms with van der Waals surface area (Å²) in [5.74, 6) is 0.166. The first-order valence-corrected chi connectivity index (χ1v) is 8.91. The van der Waals surface area contributed by atoms with Crippen molar-refractivity contribution in [3.05, 3.63) is 41.8 Å². The Morgan fingerprint density at radius 1 is 1.19 bits per heavy atom. The van der Waals surface area contributed by atoms with Crippen molar-refractivity contribution in [3.8, 4) is 0 Å². The number of hydrogen-bond acceptors (Lipinski definition) is 6. The maximum Gasteiger partial charge on any atom is 0.238 e. The summed E-state index contributed by atoms with van der Waals surface area (Å²) in [5, 5.41) is 8.55. The van der Waals surface area contributed by atoms with Crippen LogP contribution in [0.3, 0.4) is 0 Å². The molecule has 0 unspecified atom stereocenters. The Morgan fingerprint density at radius 3 is 2.29 bits per heavy atom. The highest BCUT2D eigenvalue weighted by atomic mass is 32.2. The number of benzene rings is 1. The zero-order valence-electron chi connectivity index (χ0n) is 11.0. The van der Waals surface area contributed by atoms with Crippen LogP contribution in [0.1, 0.15) is 11.5 Å². The van der Waals surface area contributed by atoms with Crippen molar-refractivity contribution in [2.75, 3.05) is 4.72 Å². The van der Waals surface area contributed by atoms with Gasteiger partial charge < -0.3 is 4.52 Å². The first-order valence-electron chi connectivity index (χ1n) is 5.71. The second-order valence-electron chi connectivity index (χ2n) is 4.36. The summed E-state index contributed by atoms with van der Waals surface area (Å²) >= 11 is 0. The molecule has 0 saturated heterocycles. The van der Waals surface area contributed by atoms with Crippen molar-refractivity contribution in [1.82, 2.24) is 5.16 Å². The molecule has 0 fully saturated rings. The minimum Gasteiger partial charge on any atom is -0.361 e. The fraction of sp³-hybridized carbons (Fsp3) is 0.182. The predicted octanol–water partition coefficient (Wildman–Crippen LogP) is 0.572. The molecule has 10 heteroatoms. The van der Waals surface area contributed by atoms with Crippen LogP contribution in [-0.2, 0) is 25.8 Å². The first kappa shape index (κ1) is 15.5. The van der Waals surface area contributed by atoms with E-state index in [1.165, 1.54) is 30.3 Å². The molecule has 0 aliphatic heterocycles.